The number of aromatic nitrogens is 3. The maximum absolute atomic E-state index is 5.72. The van der Waals surface area contributed by atoms with Crippen LogP contribution in [0.25, 0.3) is 0 Å². The van der Waals surface area contributed by atoms with Crippen LogP contribution in [0, 0.1) is 0 Å². The second-order valence-corrected chi connectivity index (χ2v) is 5.48. The Hall–Kier alpha value is -1.88. The molecule has 114 valence electrons. The van der Waals surface area contributed by atoms with Gasteiger partial charge in [-0.3, -0.25) is 0 Å². The van der Waals surface area contributed by atoms with E-state index in [0.29, 0.717) is 18.7 Å². The predicted octanol–water partition coefficient (Wildman–Crippen LogP) is 2.46. The Kier molecular flexibility index (Phi) is 5.75. The third-order valence-electron chi connectivity index (χ3n) is 3.29. The average molecular weight is 288 g/mol. The van der Waals surface area contributed by atoms with Gasteiger partial charge in [-0.2, -0.15) is 0 Å². The first-order valence-electron chi connectivity index (χ1n) is 7.46. The van der Waals surface area contributed by atoms with E-state index in [0.717, 1.165) is 24.5 Å². The molecule has 0 amide bonds. The summed E-state index contributed by atoms with van der Waals surface area (Å²) in [7, 11) is 0. The minimum atomic E-state index is 0.292. The van der Waals surface area contributed by atoms with Gasteiger partial charge in [0.2, 0.25) is 0 Å². The van der Waals surface area contributed by atoms with E-state index in [1.54, 1.807) is 6.33 Å². The third-order valence-corrected chi connectivity index (χ3v) is 3.29. The first kappa shape index (κ1) is 15.5. The number of hydrogen-bond acceptors (Lipinski definition) is 4. The summed E-state index contributed by atoms with van der Waals surface area (Å²) in [6.45, 7) is 7.91. The third kappa shape index (κ3) is 4.86. The largest absolute Gasteiger partial charge is 0.492 e. The van der Waals surface area contributed by atoms with Crippen LogP contribution < -0.4 is 10.1 Å². The molecular weight excluding hydrogens is 264 g/mol. The zero-order valence-electron chi connectivity index (χ0n) is 13.0. The Morgan fingerprint density at radius 1 is 1.19 bits per heavy atom. The first-order valence-corrected chi connectivity index (χ1v) is 7.46. The summed E-state index contributed by atoms with van der Waals surface area (Å²) in [6.07, 6.45) is 2.66. The number of para-hydroxylation sites is 1. The molecule has 1 atom stereocenters. The summed E-state index contributed by atoms with van der Waals surface area (Å²) in [6, 6.07) is 10.6. The quantitative estimate of drug-likeness (QED) is 0.810. The van der Waals surface area contributed by atoms with Crippen molar-refractivity contribution in [1.82, 2.24) is 20.1 Å². The molecule has 1 aromatic carbocycles. The molecule has 0 bridgehead atoms. The van der Waals surface area contributed by atoms with Crippen molar-refractivity contribution in [3.8, 4) is 5.75 Å². The summed E-state index contributed by atoms with van der Waals surface area (Å²) in [5.74, 6) is 1.93. The van der Waals surface area contributed by atoms with E-state index in [1.807, 2.05) is 30.3 Å². The van der Waals surface area contributed by atoms with E-state index in [4.69, 9.17) is 4.74 Å². The van der Waals surface area contributed by atoms with E-state index in [-0.39, 0.29) is 0 Å². The lowest BCUT2D eigenvalue weighted by Gasteiger charge is -2.15. The van der Waals surface area contributed by atoms with Crippen LogP contribution in [0.3, 0.4) is 0 Å². The van der Waals surface area contributed by atoms with Gasteiger partial charge in [-0.25, -0.2) is 0 Å². The van der Waals surface area contributed by atoms with Crippen molar-refractivity contribution < 1.29 is 4.74 Å². The molecule has 1 N–H and O–H groups in total. The van der Waals surface area contributed by atoms with E-state index >= 15 is 0 Å². The van der Waals surface area contributed by atoms with Gasteiger partial charge in [-0.1, -0.05) is 18.2 Å². The minimum Gasteiger partial charge on any atom is -0.492 e. The van der Waals surface area contributed by atoms with Gasteiger partial charge < -0.3 is 14.6 Å². The number of ether oxygens (including phenoxy) is 1. The molecule has 5 nitrogen and oxygen atoms in total. The molecule has 0 aliphatic heterocycles. The summed E-state index contributed by atoms with van der Waals surface area (Å²) in [5, 5.41) is 11.6. The highest BCUT2D eigenvalue weighted by molar-refractivity contribution is 5.20. The molecule has 21 heavy (non-hydrogen) atoms. The molecule has 0 saturated heterocycles. The maximum atomic E-state index is 5.72. The summed E-state index contributed by atoms with van der Waals surface area (Å²) in [5.41, 5.74) is 0. The molecule has 0 saturated carbocycles. The average Bonchev–Trinajstić information content (AvgIpc) is 2.95. The zero-order valence-corrected chi connectivity index (χ0v) is 13.0. The molecule has 0 unspecified atom stereocenters. The molecule has 0 fully saturated rings. The van der Waals surface area contributed by atoms with Crippen molar-refractivity contribution in [2.24, 2.45) is 0 Å². The van der Waals surface area contributed by atoms with Crippen LogP contribution in [0.4, 0.5) is 0 Å². The summed E-state index contributed by atoms with van der Waals surface area (Å²) < 4.78 is 7.83. The lowest BCUT2D eigenvalue weighted by molar-refractivity contribution is 0.273. The molecular formula is C16H24N4O. The predicted molar refractivity (Wildman–Crippen MR) is 83.5 cm³/mol. The Morgan fingerprint density at radius 3 is 2.67 bits per heavy atom. The lowest BCUT2D eigenvalue weighted by Crippen LogP contribution is -2.33. The molecule has 1 heterocycles. The number of benzene rings is 1. The van der Waals surface area contributed by atoms with Gasteiger partial charge in [-0.05, 0) is 32.9 Å². The topological polar surface area (TPSA) is 52.0 Å². The fraction of sp³-hybridized carbons (Fsp3) is 0.500. The van der Waals surface area contributed by atoms with Gasteiger partial charge in [-0.15, -0.1) is 10.2 Å². The summed E-state index contributed by atoms with van der Waals surface area (Å²) >= 11 is 0. The molecule has 5 heteroatoms. The van der Waals surface area contributed by atoms with Gasteiger partial charge in [0.05, 0.1) is 0 Å². The van der Waals surface area contributed by atoms with Crippen molar-refractivity contribution in [3.05, 3.63) is 42.5 Å². The van der Waals surface area contributed by atoms with Gasteiger partial charge in [0.1, 0.15) is 24.5 Å². The fourth-order valence-electron chi connectivity index (χ4n) is 2.10. The van der Waals surface area contributed by atoms with Gasteiger partial charge >= 0.3 is 0 Å². The second kappa shape index (κ2) is 7.78. The Balaban J connectivity index is 1.69. The molecule has 2 aromatic rings. The van der Waals surface area contributed by atoms with E-state index < -0.39 is 0 Å². The fourth-order valence-corrected chi connectivity index (χ4v) is 2.10. The highest BCUT2D eigenvalue weighted by Gasteiger charge is 2.08. The van der Waals surface area contributed by atoms with Crippen molar-refractivity contribution >= 4 is 0 Å². The second-order valence-electron chi connectivity index (χ2n) is 5.48. The van der Waals surface area contributed by atoms with Gasteiger partial charge in [0.25, 0.3) is 0 Å². The number of rotatable bonds is 8. The summed E-state index contributed by atoms with van der Waals surface area (Å²) in [4.78, 5) is 0. The molecule has 0 aliphatic carbocycles. The van der Waals surface area contributed by atoms with E-state index in [9.17, 15) is 0 Å². The van der Waals surface area contributed by atoms with Gasteiger partial charge in [0, 0.05) is 25.0 Å². The van der Waals surface area contributed by atoms with Crippen LogP contribution in [0.2, 0.25) is 0 Å². The van der Waals surface area contributed by atoms with Crippen LogP contribution in [-0.2, 0) is 6.42 Å². The van der Waals surface area contributed by atoms with E-state index in [2.05, 4.69) is 40.9 Å². The Morgan fingerprint density at radius 2 is 1.95 bits per heavy atom. The smallest absolute Gasteiger partial charge is 0.134 e. The van der Waals surface area contributed by atoms with Gasteiger partial charge in [0.15, 0.2) is 0 Å². The van der Waals surface area contributed by atoms with Crippen LogP contribution >= 0.6 is 0 Å². The van der Waals surface area contributed by atoms with Crippen LogP contribution in [0.15, 0.2) is 36.7 Å². The maximum Gasteiger partial charge on any atom is 0.134 e. The molecule has 0 spiro atoms. The van der Waals surface area contributed by atoms with Crippen LogP contribution in [0.5, 0.6) is 5.75 Å². The van der Waals surface area contributed by atoms with Crippen molar-refractivity contribution in [1.29, 1.82) is 0 Å². The number of nitrogens with zero attached hydrogens (tertiary/aromatic N) is 3. The monoisotopic (exact) mass is 288 g/mol. The normalized spacial score (nSPS) is 12.6. The highest BCUT2D eigenvalue weighted by Crippen LogP contribution is 2.09. The number of nitrogens with one attached hydrogen (secondary N) is 1. The molecule has 0 aliphatic rings. The van der Waals surface area contributed by atoms with Crippen molar-refractivity contribution in [2.45, 2.75) is 39.3 Å². The molecule has 1 aromatic heterocycles. The van der Waals surface area contributed by atoms with E-state index in [1.165, 1.54) is 0 Å². The van der Waals surface area contributed by atoms with Crippen molar-refractivity contribution in [2.75, 3.05) is 13.2 Å². The lowest BCUT2D eigenvalue weighted by atomic mass is 10.3. The highest BCUT2D eigenvalue weighted by atomic mass is 16.5. The Labute approximate surface area is 126 Å². The van der Waals surface area contributed by atoms with Crippen LogP contribution in [0.1, 0.15) is 32.6 Å². The zero-order chi connectivity index (χ0) is 15.1. The van der Waals surface area contributed by atoms with Crippen LogP contribution in [-0.4, -0.2) is 34.0 Å². The molecule has 2 rings (SSSR count). The minimum absolute atomic E-state index is 0.292. The SMILES string of the molecule is CC(C)n1cnnc1CCN[C@H](C)COc1ccccc1. The molecule has 0 radical (unpaired) electrons. The Bertz CT molecular complexity index is 524. The standard InChI is InChI=1S/C16H24N4O/c1-13(2)20-12-18-19-16(20)9-10-17-14(3)11-21-15-7-5-4-6-8-15/h4-8,12-14,17H,9-11H2,1-3H3/t14-/m1/s1. The first-order chi connectivity index (χ1) is 10.2. The van der Waals surface area contributed by atoms with Crippen molar-refractivity contribution in [3.63, 3.8) is 0 Å². The number of hydrogen-bond donors (Lipinski definition) is 1.